The van der Waals surface area contributed by atoms with Gasteiger partial charge in [-0.25, -0.2) is 0 Å². The fourth-order valence-electron chi connectivity index (χ4n) is 1.94. The first-order valence-electron chi connectivity index (χ1n) is 6.92. The molecule has 0 aliphatic rings. The number of amides is 1. The van der Waals surface area contributed by atoms with E-state index in [1.54, 1.807) is 25.1 Å². The molecule has 7 heteroatoms. The highest BCUT2D eigenvalue weighted by atomic mass is 16.5. The monoisotopic (exact) mass is 303 g/mol. The van der Waals surface area contributed by atoms with Crippen molar-refractivity contribution in [2.75, 3.05) is 5.32 Å². The van der Waals surface area contributed by atoms with Crippen molar-refractivity contribution in [3.05, 3.63) is 41.5 Å². The summed E-state index contributed by atoms with van der Waals surface area (Å²) < 4.78 is 4.94. The molecule has 1 aromatic heterocycles. The summed E-state index contributed by atoms with van der Waals surface area (Å²) in [7, 11) is 0. The predicted octanol–water partition coefficient (Wildman–Crippen LogP) is 1.97. The number of hydrogen-bond acceptors (Lipinski definition) is 5. The van der Waals surface area contributed by atoms with Gasteiger partial charge < -0.3 is 14.9 Å². The number of nitrogens with one attached hydrogen (secondary N) is 1. The maximum absolute atomic E-state index is 11.9. The summed E-state index contributed by atoms with van der Waals surface area (Å²) in [5.74, 6) is -0.0278. The van der Waals surface area contributed by atoms with E-state index in [9.17, 15) is 9.59 Å². The molecule has 1 amide bonds. The van der Waals surface area contributed by atoms with E-state index in [0.717, 1.165) is 5.56 Å². The van der Waals surface area contributed by atoms with Crippen LogP contribution in [0.15, 0.2) is 28.8 Å². The van der Waals surface area contributed by atoms with Gasteiger partial charge in [0.1, 0.15) is 0 Å². The number of rotatable bonds is 7. The molecular weight excluding hydrogens is 286 g/mol. The Kier molecular flexibility index (Phi) is 5.24. The van der Waals surface area contributed by atoms with Crippen LogP contribution in [-0.4, -0.2) is 27.1 Å². The highest BCUT2D eigenvalue weighted by Gasteiger charge is 2.08. The molecule has 0 radical (unpaired) electrons. The third-order valence-corrected chi connectivity index (χ3v) is 2.97. The van der Waals surface area contributed by atoms with Gasteiger partial charge in [-0.2, -0.15) is 4.98 Å². The van der Waals surface area contributed by atoms with Gasteiger partial charge in [-0.1, -0.05) is 17.3 Å². The maximum atomic E-state index is 11.9. The highest BCUT2D eigenvalue weighted by Crippen LogP contribution is 2.13. The number of carboxylic acid groups (broad SMARTS) is 1. The SMILES string of the molecule is Cc1noc(CCC(=O)Nc2cccc(CCC(=O)O)c2)n1. The van der Waals surface area contributed by atoms with Crippen molar-refractivity contribution in [1.29, 1.82) is 0 Å². The first-order valence-corrected chi connectivity index (χ1v) is 6.92. The zero-order chi connectivity index (χ0) is 15.9. The summed E-state index contributed by atoms with van der Waals surface area (Å²) in [6, 6.07) is 7.16. The molecule has 0 aliphatic heterocycles. The number of carbonyl (C=O) groups excluding carboxylic acids is 1. The zero-order valence-corrected chi connectivity index (χ0v) is 12.2. The van der Waals surface area contributed by atoms with Crippen molar-refractivity contribution < 1.29 is 19.2 Å². The number of nitrogens with zero attached hydrogens (tertiary/aromatic N) is 2. The number of benzene rings is 1. The van der Waals surface area contributed by atoms with Crippen LogP contribution in [0.25, 0.3) is 0 Å². The number of carbonyl (C=O) groups is 2. The highest BCUT2D eigenvalue weighted by molar-refractivity contribution is 5.90. The predicted molar refractivity (Wildman–Crippen MR) is 78.4 cm³/mol. The lowest BCUT2D eigenvalue weighted by atomic mass is 10.1. The smallest absolute Gasteiger partial charge is 0.303 e. The normalized spacial score (nSPS) is 10.4. The molecule has 1 aromatic carbocycles. The Balaban J connectivity index is 1.85. The zero-order valence-electron chi connectivity index (χ0n) is 12.2. The lowest BCUT2D eigenvalue weighted by Crippen LogP contribution is -2.12. The summed E-state index contributed by atoms with van der Waals surface area (Å²) in [5.41, 5.74) is 1.52. The van der Waals surface area contributed by atoms with E-state index in [1.807, 2.05) is 6.07 Å². The molecule has 2 N–H and O–H groups in total. The van der Waals surface area contributed by atoms with Crippen LogP contribution in [0.3, 0.4) is 0 Å². The van der Waals surface area contributed by atoms with Gasteiger partial charge >= 0.3 is 5.97 Å². The standard InChI is InChI=1S/C15H17N3O4/c1-10-16-14(22-18-10)7-6-13(19)17-12-4-2-3-11(9-12)5-8-15(20)21/h2-4,9H,5-8H2,1H3,(H,17,19)(H,20,21). The van der Waals surface area contributed by atoms with E-state index >= 15 is 0 Å². The molecule has 2 aromatic rings. The van der Waals surface area contributed by atoms with Crippen LogP contribution in [0.2, 0.25) is 0 Å². The van der Waals surface area contributed by atoms with Crippen LogP contribution in [0.4, 0.5) is 5.69 Å². The molecule has 0 aliphatic carbocycles. The van der Waals surface area contributed by atoms with Crippen LogP contribution in [-0.2, 0) is 22.4 Å². The second kappa shape index (κ2) is 7.35. The van der Waals surface area contributed by atoms with Gasteiger partial charge in [0.2, 0.25) is 11.8 Å². The molecule has 7 nitrogen and oxygen atoms in total. The number of aromatic nitrogens is 2. The molecule has 0 bridgehead atoms. The quantitative estimate of drug-likeness (QED) is 0.810. The Morgan fingerprint density at radius 1 is 1.27 bits per heavy atom. The Hall–Kier alpha value is -2.70. The number of hydrogen-bond donors (Lipinski definition) is 2. The minimum atomic E-state index is -0.843. The Morgan fingerprint density at radius 2 is 2.09 bits per heavy atom. The Bertz CT molecular complexity index is 666. The summed E-state index contributed by atoms with van der Waals surface area (Å²) in [6.07, 6.45) is 1.11. The second-order valence-electron chi connectivity index (χ2n) is 4.88. The maximum Gasteiger partial charge on any atom is 0.303 e. The molecule has 0 saturated carbocycles. The van der Waals surface area contributed by atoms with E-state index < -0.39 is 5.97 Å². The van der Waals surface area contributed by atoms with Crippen molar-refractivity contribution >= 4 is 17.6 Å². The Labute approximate surface area is 127 Å². The molecular formula is C15H17N3O4. The molecule has 22 heavy (non-hydrogen) atoms. The van der Waals surface area contributed by atoms with Crippen molar-refractivity contribution in [2.24, 2.45) is 0 Å². The molecule has 0 fully saturated rings. The van der Waals surface area contributed by atoms with Gasteiger partial charge in [-0.3, -0.25) is 9.59 Å². The first-order chi connectivity index (χ1) is 10.5. The minimum Gasteiger partial charge on any atom is -0.481 e. The van der Waals surface area contributed by atoms with Crippen molar-refractivity contribution in [1.82, 2.24) is 10.1 Å². The summed E-state index contributed by atoms with van der Waals surface area (Å²) in [4.78, 5) is 26.5. The molecule has 116 valence electrons. The lowest BCUT2D eigenvalue weighted by Gasteiger charge is -2.06. The second-order valence-corrected chi connectivity index (χ2v) is 4.88. The van der Waals surface area contributed by atoms with Crippen LogP contribution in [0.1, 0.15) is 30.1 Å². The summed E-state index contributed by atoms with van der Waals surface area (Å²) in [6.45, 7) is 1.72. The van der Waals surface area contributed by atoms with Crippen LogP contribution >= 0.6 is 0 Å². The van der Waals surface area contributed by atoms with Crippen molar-refractivity contribution in [2.45, 2.75) is 32.6 Å². The number of carboxylic acids is 1. The number of aryl methyl sites for hydroxylation is 3. The van der Waals surface area contributed by atoms with E-state index in [1.165, 1.54) is 0 Å². The third kappa shape index (κ3) is 5.01. The number of anilines is 1. The molecule has 2 rings (SSSR count). The van der Waals surface area contributed by atoms with E-state index in [-0.39, 0.29) is 18.7 Å². The topological polar surface area (TPSA) is 105 Å². The first kappa shape index (κ1) is 15.7. The van der Waals surface area contributed by atoms with Gasteiger partial charge in [0, 0.05) is 24.9 Å². The van der Waals surface area contributed by atoms with Crippen LogP contribution < -0.4 is 5.32 Å². The van der Waals surface area contributed by atoms with Crippen LogP contribution in [0, 0.1) is 6.92 Å². The van der Waals surface area contributed by atoms with E-state index in [4.69, 9.17) is 9.63 Å². The summed E-state index contributed by atoms with van der Waals surface area (Å²) >= 11 is 0. The molecule has 1 heterocycles. The fourth-order valence-corrected chi connectivity index (χ4v) is 1.94. The largest absolute Gasteiger partial charge is 0.481 e. The van der Waals surface area contributed by atoms with Gasteiger partial charge in [-0.05, 0) is 31.0 Å². The molecule has 0 spiro atoms. The van der Waals surface area contributed by atoms with Gasteiger partial charge in [0.25, 0.3) is 0 Å². The summed E-state index contributed by atoms with van der Waals surface area (Å²) in [5, 5.41) is 15.1. The minimum absolute atomic E-state index is 0.0634. The van der Waals surface area contributed by atoms with Gasteiger partial charge in [0.15, 0.2) is 5.82 Å². The molecule has 0 saturated heterocycles. The molecule has 0 atom stereocenters. The lowest BCUT2D eigenvalue weighted by molar-refractivity contribution is -0.137. The van der Waals surface area contributed by atoms with Gasteiger partial charge in [-0.15, -0.1) is 0 Å². The number of aliphatic carboxylic acids is 1. The fraction of sp³-hybridized carbons (Fsp3) is 0.333. The third-order valence-electron chi connectivity index (χ3n) is 2.97. The van der Waals surface area contributed by atoms with Crippen LogP contribution in [0.5, 0.6) is 0 Å². The molecule has 0 unspecified atom stereocenters. The van der Waals surface area contributed by atoms with Gasteiger partial charge in [0.05, 0.1) is 0 Å². The van der Waals surface area contributed by atoms with E-state index in [0.29, 0.717) is 30.2 Å². The van der Waals surface area contributed by atoms with Crippen molar-refractivity contribution in [3.8, 4) is 0 Å². The average molecular weight is 303 g/mol. The average Bonchev–Trinajstić information content (AvgIpc) is 2.89. The Morgan fingerprint density at radius 3 is 2.77 bits per heavy atom. The van der Waals surface area contributed by atoms with Crippen molar-refractivity contribution in [3.63, 3.8) is 0 Å². The van der Waals surface area contributed by atoms with E-state index in [2.05, 4.69) is 15.5 Å².